The molecule has 0 aliphatic heterocycles. The maximum Gasteiger partial charge on any atom is 0.155 e. The van der Waals surface area contributed by atoms with Crippen LogP contribution in [0.15, 0.2) is 152 Å². The molecule has 0 spiro atoms. The minimum atomic E-state index is -0.118. The van der Waals surface area contributed by atoms with E-state index < -0.39 is 0 Å². The van der Waals surface area contributed by atoms with Gasteiger partial charge in [0.15, 0.2) is 5.78 Å². The van der Waals surface area contributed by atoms with Crippen molar-refractivity contribution in [2.75, 3.05) is 0 Å². The summed E-state index contributed by atoms with van der Waals surface area (Å²) in [6.07, 6.45) is 13.2. The highest BCUT2D eigenvalue weighted by Gasteiger charge is 2.06. The summed E-state index contributed by atoms with van der Waals surface area (Å²) in [5.74, 6) is 0.0443. The molecule has 6 aromatic rings. The number of aliphatic hydroxyl groups is 1. The van der Waals surface area contributed by atoms with Crippen molar-refractivity contribution in [1.82, 2.24) is 9.97 Å². The molecule has 256 valence electrons. The molecule has 0 aliphatic rings. The first-order valence-corrected chi connectivity index (χ1v) is 18.1. The van der Waals surface area contributed by atoms with Crippen LogP contribution in [0.25, 0.3) is 22.5 Å². The van der Waals surface area contributed by atoms with Crippen molar-refractivity contribution in [2.24, 2.45) is 0 Å². The summed E-state index contributed by atoms with van der Waals surface area (Å²) < 4.78 is 0. The molecule has 0 saturated carbocycles. The predicted octanol–water partition coefficient (Wildman–Crippen LogP) is 10.5. The molecule has 0 saturated heterocycles. The summed E-state index contributed by atoms with van der Waals surface area (Å²) in [6, 6.07) is 45.8. The molecule has 0 radical (unpaired) electrons. The minimum absolute atomic E-state index is 0.118. The maximum absolute atomic E-state index is 11.1. The number of hydrogen-bond acceptors (Lipinski definition) is 4. The number of carbonyl (C=O) groups excluding carboxylic acids is 1. The van der Waals surface area contributed by atoms with Crippen molar-refractivity contribution in [1.29, 1.82) is 0 Å². The van der Waals surface area contributed by atoms with E-state index in [1.165, 1.54) is 57.5 Å². The Hall–Kier alpha value is -5.61. The highest BCUT2D eigenvalue weighted by atomic mass is 16.3. The highest BCUT2D eigenvalue weighted by molar-refractivity contribution is 5.87. The fourth-order valence-corrected chi connectivity index (χ4v) is 6.49. The van der Waals surface area contributed by atoms with E-state index in [2.05, 4.69) is 120 Å². The molecule has 0 atom stereocenters. The van der Waals surface area contributed by atoms with Gasteiger partial charge in [-0.3, -0.25) is 14.8 Å². The normalized spacial score (nSPS) is 11.4. The van der Waals surface area contributed by atoms with Gasteiger partial charge in [0.25, 0.3) is 0 Å². The Morgan fingerprint density at radius 3 is 1.53 bits per heavy atom. The molecule has 4 heteroatoms. The van der Waals surface area contributed by atoms with Gasteiger partial charge in [-0.05, 0) is 134 Å². The molecule has 0 bridgehead atoms. The second-order valence-corrected chi connectivity index (χ2v) is 13.4. The monoisotopic (exact) mass is 670 g/mol. The average molecular weight is 671 g/mol. The summed E-state index contributed by atoms with van der Waals surface area (Å²) in [5.41, 5.74) is 13.6. The van der Waals surface area contributed by atoms with Crippen LogP contribution in [0.1, 0.15) is 58.7 Å². The number of carbonyl (C=O) groups is 1. The minimum Gasteiger partial charge on any atom is -0.512 e. The van der Waals surface area contributed by atoms with Gasteiger partial charge in [-0.15, -0.1) is 0 Å². The third-order valence-electron chi connectivity index (χ3n) is 9.36. The molecule has 0 amide bonds. The third-order valence-corrected chi connectivity index (χ3v) is 9.36. The van der Waals surface area contributed by atoms with Crippen molar-refractivity contribution in [3.63, 3.8) is 0 Å². The van der Waals surface area contributed by atoms with Crippen LogP contribution in [0, 0.1) is 0 Å². The zero-order valence-corrected chi connectivity index (χ0v) is 29.5. The molecular formula is C47H46N2O2. The Labute approximate surface area is 302 Å². The Morgan fingerprint density at radius 2 is 1.00 bits per heavy atom. The van der Waals surface area contributed by atoms with Crippen LogP contribution in [0.2, 0.25) is 0 Å². The van der Waals surface area contributed by atoms with Gasteiger partial charge < -0.3 is 5.11 Å². The van der Waals surface area contributed by atoms with Gasteiger partial charge in [0.05, 0.1) is 17.1 Å². The second kappa shape index (κ2) is 17.9. The van der Waals surface area contributed by atoms with Crippen molar-refractivity contribution in [3.05, 3.63) is 191 Å². The smallest absolute Gasteiger partial charge is 0.155 e. The molecule has 0 aliphatic carbocycles. The second-order valence-electron chi connectivity index (χ2n) is 13.4. The lowest BCUT2D eigenvalue weighted by Gasteiger charge is -2.09. The lowest BCUT2D eigenvalue weighted by atomic mass is 9.98. The Morgan fingerprint density at radius 1 is 0.510 bits per heavy atom. The quantitative estimate of drug-likeness (QED) is 0.0822. The fraction of sp³-hybridized carbons (Fsp3) is 0.213. The van der Waals surface area contributed by atoms with Crippen LogP contribution in [-0.4, -0.2) is 20.9 Å². The first kappa shape index (κ1) is 35.2. The molecule has 2 heterocycles. The number of aryl methyl sites for hydroxylation is 7. The van der Waals surface area contributed by atoms with Crippen LogP contribution >= 0.6 is 0 Å². The predicted molar refractivity (Wildman–Crippen MR) is 209 cm³/mol. The molecule has 6 rings (SSSR count). The zero-order chi connectivity index (χ0) is 35.3. The van der Waals surface area contributed by atoms with E-state index in [0.717, 1.165) is 68.3 Å². The standard InChI is InChI=1S/C47H46N2O2/c1-35(50)31-45(51)12-6-7-36-14-16-37(17-15-36)24-27-42-28-30-49-47(34-42)44-11-5-9-41(33-44)26-23-39-20-18-38(19-21-39)22-25-40-8-4-10-43(32-40)46-13-2-3-29-48-46/h2-5,8-11,13-21,28-34,51H,6-7,12,22-27H2,1H3. The lowest BCUT2D eigenvalue weighted by molar-refractivity contribution is -0.112. The van der Waals surface area contributed by atoms with Crippen LogP contribution in [0.5, 0.6) is 0 Å². The van der Waals surface area contributed by atoms with E-state index in [1.54, 1.807) is 0 Å². The number of rotatable bonds is 16. The van der Waals surface area contributed by atoms with Crippen molar-refractivity contribution in [3.8, 4) is 22.5 Å². The summed E-state index contributed by atoms with van der Waals surface area (Å²) in [6.45, 7) is 1.45. The number of benzene rings is 4. The van der Waals surface area contributed by atoms with E-state index in [-0.39, 0.29) is 11.5 Å². The largest absolute Gasteiger partial charge is 0.512 e. The Bertz CT molecular complexity index is 2050. The number of aliphatic hydroxyl groups excluding tert-OH is 1. The van der Waals surface area contributed by atoms with E-state index in [9.17, 15) is 9.90 Å². The SMILES string of the molecule is CC(=O)C=C(O)CCCc1ccc(CCc2ccnc(-c3cccc(CCc4ccc(CCc5cccc(-c6ccccn6)c5)cc4)c3)c2)cc1. The molecular weight excluding hydrogens is 625 g/mol. The van der Waals surface area contributed by atoms with Gasteiger partial charge >= 0.3 is 0 Å². The van der Waals surface area contributed by atoms with Crippen LogP contribution in [0.4, 0.5) is 0 Å². The van der Waals surface area contributed by atoms with Crippen molar-refractivity contribution < 1.29 is 9.90 Å². The zero-order valence-electron chi connectivity index (χ0n) is 29.5. The van der Waals surface area contributed by atoms with Gasteiger partial charge in [-0.1, -0.05) is 91.0 Å². The molecule has 4 nitrogen and oxygen atoms in total. The third kappa shape index (κ3) is 10.9. The highest BCUT2D eigenvalue weighted by Crippen LogP contribution is 2.23. The molecule has 4 aromatic carbocycles. The number of allylic oxidation sites excluding steroid dienone is 2. The van der Waals surface area contributed by atoms with Crippen LogP contribution in [-0.2, 0) is 49.7 Å². The molecule has 0 fully saturated rings. The number of ketones is 1. The molecule has 2 aromatic heterocycles. The van der Waals surface area contributed by atoms with E-state index in [1.807, 2.05) is 24.5 Å². The maximum atomic E-state index is 11.1. The van der Waals surface area contributed by atoms with E-state index >= 15 is 0 Å². The van der Waals surface area contributed by atoms with Gasteiger partial charge in [-0.25, -0.2) is 0 Å². The molecule has 1 N–H and O–H groups in total. The Balaban J connectivity index is 0.973. The number of nitrogens with zero attached hydrogens (tertiary/aromatic N) is 2. The van der Waals surface area contributed by atoms with Gasteiger partial charge in [0, 0.05) is 36.0 Å². The lowest BCUT2D eigenvalue weighted by Crippen LogP contribution is -1.96. The molecule has 0 unspecified atom stereocenters. The van der Waals surface area contributed by atoms with Crippen molar-refractivity contribution >= 4 is 5.78 Å². The Kier molecular flexibility index (Phi) is 12.3. The van der Waals surface area contributed by atoms with Gasteiger partial charge in [0.1, 0.15) is 0 Å². The number of aromatic nitrogens is 2. The van der Waals surface area contributed by atoms with Crippen LogP contribution in [0.3, 0.4) is 0 Å². The summed E-state index contributed by atoms with van der Waals surface area (Å²) in [4.78, 5) is 20.3. The number of pyridine rings is 2. The van der Waals surface area contributed by atoms with E-state index in [0.29, 0.717) is 6.42 Å². The van der Waals surface area contributed by atoms with Crippen LogP contribution < -0.4 is 0 Å². The number of hydrogen-bond donors (Lipinski definition) is 1. The first-order chi connectivity index (χ1) is 25.0. The van der Waals surface area contributed by atoms with Gasteiger partial charge in [0.2, 0.25) is 0 Å². The van der Waals surface area contributed by atoms with Gasteiger partial charge in [-0.2, -0.15) is 0 Å². The van der Waals surface area contributed by atoms with E-state index in [4.69, 9.17) is 4.98 Å². The topological polar surface area (TPSA) is 63.1 Å². The summed E-state index contributed by atoms with van der Waals surface area (Å²) in [5, 5.41) is 9.80. The van der Waals surface area contributed by atoms with Crippen molar-refractivity contribution in [2.45, 2.75) is 64.7 Å². The summed E-state index contributed by atoms with van der Waals surface area (Å²) in [7, 11) is 0. The first-order valence-electron chi connectivity index (χ1n) is 18.1. The summed E-state index contributed by atoms with van der Waals surface area (Å²) >= 11 is 0. The average Bonchev–Trinajstić information content (AvgIpc) is 3.17. The molecule has 51 heavy (non-hydrogen) atoms. The fourth-order valence-electron chi connectivity index (χ4n) is 6.49.